The van der Waals surface area contributed by atoms with Crippen LogP contribution in [0.15, 0.2) is 30.5 Å². The number of benzene rings is 1. The average molecular weight is 278 g/mol. The Morgan fingerprint density at radius 3 is 2.47 bits per heavy atom. The van der Waals surface area contributed by atoms with Gasteiger partial charge >= 0.3 is 0 Å². The number of pyridine rings is 1. The Balaban J connectivity index is 2.24. The molecule has 0 amide bonds. The van der Waals surface area contributed by atoms with Crippen LogP contribution in [0.5, 0.6) is 5.88 Å². The molecule has 1 aromatic carbocycles. The highest BCUT2D eigenvalue weighted by atomic mass is 35.5. The van der Waals surface area contributed by atoms with Gasteiger partial charge in [-0.1, -0.05) is 39.0 Å². The summed E-state index contributed by atoms with van der Waals surface area (Å²) in [5.41, 5.74) is 1.31. The van der Waals surface area contributed by atoms with Crippen molar-refractivity contribution in [3.63, 3.8) is 0 Å². The van der Waals surface area contributed by atoms with Crippen molar-refractivity contribution in [3.05, 3.63) is 36.0 Å². The monoisotopic (exact) mass is 277 g/mol. The summed E-state index contributed by atoms with van der Waals surface area (Å²) < 4.78 is 5.84. The zero-order valence-electron chi connectivity index (χ0n) is 11.7. The standard InChI is InChI=1S/C16H20ClNO/c1-16(2,3)8-9-19-15-14-7-5-4-6-13(14)12(10-17)11-18-15/h4-7,11H,8-10H2,1-3H3. The van der Waals surface area contributed by atoms with E-state index in [4.69, 9.17) is 16.3 Å². The second kappa shape index (κ2) is 5.79. The minimum atomic E-state index is 0.270. The van der Waals surface area contributed by atoms with Crippen molar-refractivity contribution in [1.82, 2.24) is 4.98 Å². The molecule has 0 saturated carbocycles. The molecule has 19 heavy (non-hydrogen) atoms. The van der Waals surface area contributed by atoms with Crippen molar-refractivity contribution in [1.29, 1.82) is 0 Å². The van der Waals surface area contributed by atoms with E-state index in [1.807, 2.05) is 24.4 Å². The number of hydrogen-bond donors (Lipinski definition) is 0. The molecule has 0 aliphatic carbocycles. The summed E-state index contributed by atoms with van der Waals surface area (Å²) in [6.45, 7) is 7.30. The first-order valence-electron chi connectivity index (χ1n) is 6.56. The average Bonchev–Trinajstić information content (AvgIpc) is 2.37. The highest BCUT2D eigenvalue weighted by Gasteiger charge is 2.12. The molecule has 1 aromatic heterocycles. The van der Waals surface area contributed by atoms with E-state index in [0.717, 1.165) is 22.8 Å². The molecule has 102 valence electrons. The Kier molecular flexibility index (Phi) is 4.31. The van der Waals surface area contributed by atoms with Crippen LogP contribution in [0.3, 0.4) is 0 Å². The summed E-state index contributed by atoms with van der Waals surface area (Å²) in [4.78, 5) is 4.39. The van der Waals surface area contributed by atoms with Crippen molar-refractivity contribution >= 4 is 22.4 Å². The summed E-state index contributed by atoms with van der Waals surface area (Å²) in [5.74, 6) is 1.17. The fourth-order valence-corrected chi connectivity index (χ4v) is 2.11. The number of hydrogen-bond acceptors (Lipinski definition) is 2. The van der Waals surface area contributed by atoms with Crippen LogP contribution in [-0.4, -0.2) is 11.6 Å². The molecule has 2 nitrogen and oxygen atoms in total. The third-order valence-electron chi connectivity index (χ3n) is 3.08. The number of alkyl halides is 1. The normalized spacial score (nSPS) is 11.8. The number of halogens is 1. The lowest BCUT2D eigenvalue weighted by molar-refractivity contribution is 0.238. The van der Waals surface area contributed by atoms with E-state index in [-0.39, 0.29) is 5.41 Å². The predicted molar refractivity (Wildman–Crippen MR) is 80.9 cm³/mol. The van der Waals surface area contributed by atoms with Crippen molar-refractivity contribution in [3.8, 4) is 5.88 Å². The van der Waals surface area contributed by atoms with E-state index in [0.29, 0.717) is 18.4 Å². The summed E-state index contributed by atoms with van der Waals surface area (Å²) >= 11 is 5.94. The van der Waals surface area contributed by atoms with Gasteiger partial charge in [-0.3, -0.25) is 0 Å². The van der Waals surface area contributed by atoms with Gasteiger partial charge in [-0.25, -0.2) is 4.98 Å². The summed E-state index contributed by atoms with van der Waals surface area (Å²) in [5, 5.41) is 2.16. The van der Waals surface area contributed by atoms with Gasteiger partial charge in [-0.05, 0) is 28.9 Å². The van der Waals surface area contributed by atoms with Crippen LogP contribution in [0.1, 0.15) is 32.8 Å². The Bertz CT molecular complexity index is 560. The van der Waals surface area contributed by atoms with Gasteiger partial charge in [0.05, 0.1) is 6.61 Å². The molecule has 2 aromatic rings. The quantitative estimate of drug-likeness (QED) is 0.750. The van der Waals surface area contributed by atoms with E-state index in [1.54, 1.807) is 0 Å². The maximum Gasteiger partial charge on any atom is 0.221 e. The smallest absolute Gasteiger partial charge is 0.221 e. The van der Waals surface area contributed by atoms with Crippen LogP contribution in [0.25, 0.3) is 10.8 Å². The second-order valence-corrected chi connectivity index (χ2v) is 6.19. The van der Waals surface area contributed by atoms with Gasteiger partial charge in [-0.15, -0.1) is 11.6 Å². The number of nitrogens with zero attached hydrogens (tertiary/aromatic N) is 1. The summed E-state index contributed by atoms with van der Waals surface area (Å²) in [6, 6.07) is 8.10. The molecule has 1 heterocycles. The zero-order chi connectivity index (χ0) is 13.9. The molecule has 0 unspecified atom stereocenters. The van der Waals surface area contributed by atoms with Gasteiger partial charge in [-0.2, -0.15) is 0 Å². The Hall–Kier alpha value is -1.28. The highest BCUT2D eigenvalue weighted by Crippen LogP contribution is 2.27. The largest absolute Gasteiger partial charge is 0.477 e. The van der Waals surface area contributed by atoms with Gasteiger partial charge in [0.1, 0.15) is 0 Å². The lowest BCUT2D eigenvalue weighted by Crippen LogP contribution is -2.11. The van der Waals surface area contributed by atoms with Crippen molar-refractivity contribution < 1.29 is 4.74 Å². The van der Waals surface area contributed by atoms with Gasteiger partial charge < -0.3 is 4.74 Å². The molecular formula is C16H20ClNO. The Morgan fingerprint density at radius 2 is 1.84 bits per heavy atom. The van der Waals surface area contributed by atoms with Crippen LogP contribution in [0.4, 0.5) is 0 Å². The molecule has 3 heteroatoms. The lowest BCUT2D eigenvalue weighted by Gasteiger charge is -2.18. The minimum Gasteiger partial charge on any atom is -0.477 e. The third-order valence-corrected chi connectivity index (χ3v) is 3.36. The molecule has 0 bridgehead atoms. The number of fused-ring (bicyclic) bond motifs is 1. The third kappa shape index (κ3) is 3.60. The Morgan fingerprint density at radius 1 is 1.16 bits per heavy atom. The molecule has 0 N–H and O–H groups in total. The summed E-state index contributed by atoms with van der Waals surface area (Å²) in [6.07, 6.45) is 2.81. The molecular weight excluding hydrogens is 258 g/mol. The van der Waals surface area contributed by atoms with E-state index in [2.05, 4.69) is 31.8 Å². The first-order chi connectivity index (χ1) is 9.01. The van der Waals surface area contributed by atoms with Gasteiger partial charge in [0.2, 0.25) is 5.88 Å². The van der Waals surface area contributed by atoms with Crippen molar-refractivity contribution in [2.75, 3.05) is 6.61 Å². The van der Waals surface area contributed by atoms with Crippen molar-refractivity contribution in [2.45, 2.75) is 33.1 Å². The molecule has 0 radical (unpaired) electrons. The van der Waals surface area contributed by atoms with E-state index in [9.17, 15) is 0 Å². The SMILES string of the molecule is CC(C)(C)CCOc1ncc(CCl)c2ccccc12. The second-order valence-electron chi connectivity index (χ2n) is 5.93. The zero-order valence-corrected chi connectivity index (χ0v) is 12.5. The maximum absolute atomic E-state index is 5.94. The maximum atomic E-state index is 5.94. The first kappa shape index (κ1) is 14.1. The Labute approximate surface area is 119 Å². The molecule has 0 aliphatic rings. The fourth-order valence-electron chi connectivity index (χ4n) is 1.90. The molecule has 0 fully saturated rings. The van der Waals surface area contributed by atoms with Crippen LogP contribution in [0, 0.1) is 5.41 Å². The summed E-state index contributed by atoms with van der Waals surface area (Å²) in [7, 11) is 0. The molecule has 0 aliphatic heterocycles. The fraction of sp³-hybridized carbons (Fsp3) is 0.438. The van der Waals surface area contributed by atoms with Crippen LogP contribution in [0.2, 0.25) is 0 Å². The van der Waals surface area contributed by atoms with Gasteiger partial charge in [0.25, 0.3) is 0 Å². The highest BCUT2D eigenvalue weighted by molar-refractivity contribution is 6.18. The van der Waals surface area contributed by atoms with Gasteiger partial charge in [0, 0.05) is 17.5 Å². The van der Waals surface area contributed by atoms with E-state index < -0.39 is 0 Å². The first-order valence-corrected chi connectivity index (χ1v) is 7.10. The molecule has 0 saturated heterocycles. The topological polar surface area (TPSA) is 22.1 Å². The molecule has 0 atom stereocenters. The molecule has 0 spiro atoms. The van der Waals surface area contributed by atoms with Crippen LogP contribution < -0.4 is 4.74 Å². The minimum absolute atomic E-state index is 0.270. The van der Waals surface area contributed by atoms with Crippen LogP contribution >= 0.6 is 11.6 Å². The number of ether oxygens (including phenoxy) is 1. The van der Waals surface area contributed by atoms with E-state index >= 15 is 0 Å². The van der Waals surface area contributed by atoms with E-state index in [1.165, 1.54) is 0 Å². The number of rotatable bonds is 4. The van der Waals surface area contributed by atoms with Crippen molar-refractivity contribution in [2.24, 2.45) is 5.41 Å². The van der Waals surface area contributed by atoms with Crippen LogP contribution in [-0.2, 0) is 5.88 Å². The lowest BCUT2D eigenvalue weighted by atomic mass is 9.93. The number of aromatic nitrogens is 1. The van der Waals surface area contributed by atoms with Gasteiger partial charge in [0.15, 0.2) is 0 Å². The predicted octanol–water partition coefficient (Wildman–Crippen LogP) is 4.79. The molecule has 2 rings (SSSR count).